The third-order valence-corrected chi connectivity index (χ3v) is 3.60. The molecular formula is C14H18ClN3O3. The van der Waals surface area contributed by atoms with Gasteiger partial charge in [0, 0.05) is 36.9 Å². The highest BCUT2D eigenvalue weighted by atomic mass is 35.5. The Hall–Kier alpha value is -1.63. The van der Waals surface area contributed by atoms with Crippen molar-refractivity contribution in [1.29, 1.82) is 0 Å². The van der Waals surface area contributed by atoms with E-state index < -0.39 is 12.0 Å². The molecule has 1 aliphatic heterocycles. The van der Waals surface area contributed by atoms with Gasteiger partial charge in [0.15, 0.2) is 0 Å². The molecule has 7 heteroatoms. The molecule has 0 aromatic heterocycles. The minimum Gasteiger partial charge on any atom is -0.480 e. The van der Waals surface area contributed by atoms with E-state index >= 15 is 0 Å². The molecule has 0 aliphatic carbocycles. The van der Waals surface area contributed by atoms with Crippen LogP contribution in [0.25, 0.3) is 0 Å². The maximum atomic E-state index is 12.0. The Kier molecular flexibility index (Phi) is 5.55. The number of carbonyl (C=O) groups is 2. The number of aliphatic carboxylic acids is 1. The van der Waals surface area contributed by atoms with Crippen LogP contribution in [0.5, 0.6) is 0 Å². The van der Waals surface area contributed by atoms with Crippen molar-refractivity contribution in [2.45, 2.75) is 12.5 Å². The standard InChI is InChI=1S/C14H18ClN3O3/c15-10-2-1-3-11(8-10)17-13(19)9-12(14(20)21)18-6-4-16-5-7-18/h1-3,8,12,16H,4-7,9H2,(H,17,19)(H,20,21)/t12-/m1/s1. The van der Waals surface area contributed by atoms with Gasteiger partial charge in [0.25, 0.3) is 0 Å². The molecule has 1 aromatic rings. The molecule has 1 aromatic carbocycles. The summed E-state index contributed by atoms with van der Waals surface area (Å²) in [5.74, 6) is -1.30. The lowest BCUT2D eigenvalue weighted by atomic mass is 10.1. The van der Waals surface area contributed by atoms with E-state index in [0.717, 1.165) is 13.1 Å². The zero-order valence-electron chi connectivity index (χ0n) is 11.5. The van der Waals surface area contributed by atoms with Crippen molar-refractivity contribution in [1.82, 2.24) is 10.2 Å². The summed E-state index contributed by atoms with van der Waals surface area (Å²) in [5, 5.41) is 15.7. The summed E-state index contributed by atoms with van der Waals surface area (Å²) < 4.78 is 0. The monoisotopic (exact) mass is 311 g/mol. The fraction of sp³-hybridized carbons (Fsp3) is 0.429. The number of hydrogen-bond acceptors (Lipinski definition) is 4. The van der Waals surface area contributed by atoms with Crippen LogP contribution in [0.4, 0.5) is 5.69 Å². The van der Waals surface area contributed by atoms with Crippen molar-refractivity contribution in [3.05, 3.63) is 29.3 Å². The van der Waals surface area contributed by atoms with Crippen molar-refractivity contribution in [3.8, 4) is 0 Å². The van der Waals surface area contributed by atoms with E-state index in [0.29, 0.717) is 23.8 Å². The molecule has 1 amide bonds. The Bertz CT molecular complexity index is 518. The Morgan fingerprint density at radius 1 is 1.38 bits per heavy atom. The highest BCUT2D eigenvalue weighted by Crippen LogP contribution is 2.16. The SMILES string of the molecule is O=C(C[C@H](C(=O)O)N1CCNCC1)Nc1cccc(Cl)c1. The van der Waals surface area contributed by atoms with E-state index in [4.69, 9.17) is 11.6 Å². The van der Waals surface area contributed by atoms with E-state index in [9.17, 15) is 14.7 Å². The van der Waals surface area contributed by atoms with Gasteiger partial charge in [-0.25, -0.2) is 0 Å². The fourth-order valence-corrected chi connectivity index (χ4v) is 2.51. The average molecular weight is 312 g/mol. The smallest absolute Gasteiger partial charge is 0.321 e. The number of carboxylic acids is 1. The molecule has 2 rings (SSSR count). The molecule has 0 spiro atoms. The number of piperazine rings is 1. The van der Waals surface area contributed by atoms with Gasteiger partial charge in [-0.3, -0.25) is 14.5 Å². The lowest BCUT2D eigenvalue weighted by molar-refractivity contribution is -0.145. The first kappa shape index (κ1) is 15.8. The molecule has 0 bridgehead atoms. The maximum absolute atomic E-state index is 12.0. The Morgan fingerprint density at radius 2 is 2.10 bits per heavy atom. The first-order valence-corrected chi connectivity index (χ1v) is 7.17. The second kappa shape index (κ2) is 7.40. The number of carbonyl (C=O) groups excluding carboxylic acids is 1. The minimum atomic E-state index is -0.974. The number of nitrogens with one attached hydrogen (secondary N) is 2. The van der Waals surface area contributed by atoms with Crippen molar-refractivity contribution >= 4 is 29.2 Å². The molecule has 1 atom stereocenters. The van der Waals surface area contributed by atoms with Crippen LogP contribution in [-0.2, 0) is 9.59 Å². The van der Waals surface area contributed by atoms with Crippen LogP contribution < -0.4 is 10.6 Å². The number of hydrogen-bond donors (Lipinski definition) is 3. The van der Waals surface area contributed by atoms with Crippen LogP contribution >= 0.6 is 11.6 Å². The first-order chi connectivity index (χ1) is 10.1. The normalized spacial score (nSPS) is 17.2. The van der Waals surface area contributed by atoms with E-state index in [1.165, 1.54) is 0 Å². The van der Waals surface area contributed by atoms with Crippen LogP contribution in [0, 0.1) is 0 Å². The molecule has 0 unspecified atom stereocenters. The highest BCUT2D eigenvalue weighted by molar-refractivity contribution is 6.30. The summed E-state index contributed by atoms with van der Waals surface area (Å²) in [6.07, 6.45) is -0.0815. The summed E-state index contributed by atoms with van der Waals surface area (Å²) in [6.45, 7) is 2.72. The van der Waals surface area contributed by atoms with Crippen molar-refractivity contribution < 1.29 is 14.7 Å². The van der Waals surface area contributed by atoms with Gasteiger partial charge >= 0.3 is 5.97 Å². The van der Waals surface area contributed by atoms with Gasteiger partial charge in [-0.1, -0.05) is 17.7 Å². The van der Waals surface area contributed by atoms with Crippen LogP contribution in [-0.4, -0.2) is 54.1 Å². The van der Waals surface area contributed by atoms with Gasteiger partial charge in [0.05, 0.1) is 6.42 Å². The average Bonchev–Trinajstić information content (AvgIpc) is 2.45. The number of anilines is 1. The Balaban J connectivity index is 1.96. The largest absolute Gasteiger partial charge is 0.480 e. The van der Waals surface area contributed by atoms with Gasteiger partial charge in [-0.05, 0) is 18.2 Å². The molecule has 3 N–H and O–H groups in total. The van der Waals surface area contributed by atoms with Crippen molar-refractivity contribution in [2.24, 2.45) is 0 Å². The fourth-order valence-electron chi connectivity index (χ4n) is 2.32. The van der Waals surface area contributed by atoms with Gasteiger partial charge in [0.2, 0.25) is 5.91 Å². The van der Waals surface area contributed by atoms with Crippen LogP contribution in [0.15, 0.2) is 24.3 Å². The third kappa shape index (κ3) is 4.70. The van der Waals surface area contributed by atoms with Gasteiger partial charge in [0.1, 0.15) is 6.04 Å². The summed E-state index contributed by atoms with van der Waals surface area (Å²) >= 11 is 5.85. The first-order valence-electron chi connectivity index (χ1n) is 6.79. The summed E-state index contributed by atoms with van der Waals surface area (Å²) in [5.41, 5.74) is 0.567. The second-order valence-electron chi connectivity index (χ2n) is 4.90. The summed E-state index contributed by atoms with van der Waals surface area (Å²) in [7, 11) is 0. The number of halogens is 1. The maximum Gasteiger partial charge on any atom is 0.321 e. The quantitative estimate of drug-likeness (QED) is 0.756. The molecule has 0 saturated carbocycles. The van der Waals surface area contributed by atoms with E-state index in [2.05, 4.69) is 10.6 Å². The van der Waals surface area contributed by atoms with Crippen molar-refractivity contribution in [2.75, 3.05) is 31.5 Å². The zero-order valence-corrected chi connectivity index (χ0v) is 12.3. The van der Waals surface area contributed by atoms with Crippen LogP contribution in [0.1, 0.15) is 6.42 Å². The van der Waals surface area contributed by atoms with E-state index in [-0.39, 0.29) is 12.3 Å². The highest BCUT2D eigenvalue weighted by Gasteiger charge is 2.28. The van der Waals surface area contributed by atoms with Crippen molar-refractivity contribution in [3.63, 3.8) is 0 Å². The predicted octanol–water partition coefficient (Wildman–Crippen LogP) is 1.03. The zero-order chi connectivity index (χ0) is 15.2. The van der Waals surface area contributed by atoms with Gasteiger partial charge in [-0.2, -0.15) is 0 Å². The Labute approximate surface area is 128 Å². The molecule has 1 heterocycles. The number of nitrogens with zero attached hydrogens (tertiary/aromatic N) is 1. The number of carboxylic acid groups (broad SMARTS) is 1. The third-order valence-electron chi connectivity index (χ3n) is 3.36. The second-order valence-corrected chi connectivity index (χ2v) is 5.34. The molecular weight excluding hydrogens is 294 g/mol. The topological polar surface area (TPSA) is 81.7 Å². The molecule has 114 valence electrons. The Morgan fingerprint density at radius 3 is 2.71 bits per heavy atom. The van der Waals surface area contributed by atoms with Gasteiger partial charge < -0.3 is 15.7 Å². The molecule has 1 saturated heterocycles. The predicted molar refractivity (Wildman–Crippen MR) is 80.6 cm³/mol. The minimum absolute atomic E-state index is 0.0815. The van der Waals surface area contributed by atoms with Crippen LogP contribution in [0.3, 0.4) is 0 Å². The summed E-state index contributed by atoms with van der Waals surface area (Å²) in [4.78, 5) is 25.2. The van der Waals surface area contributed by atoms with Gasteiger partial charge in [-0.15, -0.1) is 0 Å². The molecule has 1 aliphatic rings. The summed E-state index contributed by atoms with van der Waals surface area (Å²) in [6, 6.07) is 5.97. The number of rotatable bonds is 5. The van der Waals surface area contributed by atoms with E-state index in [1.54, 1.807) is 24.3 Å². The molecule has 21 heavy (non-hydrogen) atoms. The molecule has 6 nitrogen and oxygen atoms in total. The van der Waals surface area contributed by atoms with Crippen LogP contribution in [0.2, 0.25) is 5.02 Å². The lowest BCUT2D eigenvalue weighted by Gasteiger charge is -2.32. The molecule has 0 radical (unpaired) electrons. The number of benzene rings is 1. The molecule has 1 fully saturated rings. The van der Waals surface area contributed by atoms with E-state index in [1.807, 2.05) is 4.90 Å². The number of amides is 1. The lowest BCUT2D eigenvalue weighted by Crippen LogP contribution is -2.52.